The average molecular weight is 415 g/mol. The van der Waals surface area contributed by atoms with Gasteiger partial charge in [0.25, 0.3) is 11.6 Å². The lowest BCUT2D eigenvalue weighted by molar-refractivity contribution is -0.384. The number of rotatable bonds is 7. The number of anilines is 1. The van der Waals surface area contributed by atoms with E-state index in [2.05, 4.69) is 5.32 Å². The van der Waals surface area contributed by atoms with Gasteiger partial charge in [-0.2, -0.15) is 5.26 Å². The number of aromatic hydroxyl groups is 1. The van der Waals surface area contributed by atoms with E-state index in [0.717, 1.165) is 17.7 Å². The SMILES string of the molecule is N#CC(=Cc1ccccc1OCc1ccccc1)C(=O)Nc1ccc([N+](=O)[O-])cc1O. The van der Waals surface area contributed by atoms with Crippen LogP contribution in [0.1, 0.15) is 11.1 Å². The van der Waals surface area contributed by atoms with Crippen LogP contribution in [-0.2, 0) is 11.4 Å². The minimum absolute atomic E-state index is 0.0506. The number of carbonyl (C=O) groups excluding carboxylic acids is 1. The Kier molecular flexibility index (Phi) is 6.60. The molecule has 3 aromatic rings. The van der Waals surface area contributed by atoms with Crippen LogP contribution in [0.4, 0.5) is 11.4 Å². The van der Waals surface area contributed by atoms with Crippen LogP contribution in [0.25, 0.3) is 6.08 Å². The van der Waals surface area contributed by atoms with Gasteiger partial charge in [0, 0.05) is 11.6 Å². The third kappa shape index (κ3) is 5.46. The van der Waals surface area contributed by atoms with E-state index >= 15 is 0 Å². The zero-order valence-corrected chi connectivity index (χ0v) is 16.2. The number of hydrogen-bond acceptors (Lipinski definition) is 6. The van der Waals surface area contributed by atoms with Crippen LogP contribution in [0.5, 0.6) is 11.5 Å². The minimum atomic E-state index is -0.774. The van der Waals surface area contributed by atoms with Gasteiger partial charge in [-0.1, -0.05) is 48.5 Å². The third-order valence-electron chi connectivity index (χ3n) is 4.26. The van der Waals surface area contributed by atoms with Crippen LogP contribution in [0.15, 0.2) is 78.4 Å². The molecule has 1 amide bonds. The van der Waals surface area contributed by atoms with Gasteiger partial charge in [0.15, 0.2) is 0 Å². The van der Waals surface area contributed by atoms with Crippen LogP contribution < -0.4 is 10.1 Å². The second kappa shape index (κ2) is 9.71. The summed E-state index contributed by atoms with van der Waals surface area (Å²) in [5.74, 6) is -0.763. The van der Waals surface area contributed by atoms with Crippen molar-refractivity contribution >= 4 is 23.4 Å². The van der Waals surface area contributed by atoms with Crippen molar-refractivity contribution in [1.82, 2.24) is 0 Å². The molecule has 8 nitrogen and oxygen atoms in total. The number of nitriles is 1. The number of amides is 1. The molecule has 0 saturated heterocycles. The van der Waals surface area contributed by atoms with Gasteiger partial charge in [-0.15, -0.1) is 0 Å². The number of nitro groups is 1. The van der Waals surface area contributed by atoms with E-state index in [1.54, 1.807) is 24.3 Å². The first-order chi connectivity index (χ1) is 15.0. The number of hydrogen-bond donors (Lipinski definition) is 2. The molecule has 31 heavy (non-hydrogen) atoms. The van der Waals surface area contributed by atoms with Crippen molar-refractivity contribution in [2.24, 2.45) is 0 Å². The van der Waals surface area contributed by atoms with Gasteiger partial charge in [-0.25, -0.2) is 0 Å². The summed E-state index contributed by atoms with van der Waals surface area (Å²) in [6.45, 7) is 0.316. The second-order valence-electron chi connectivity index (χ2n) is 6.39. The number of non-ortho nitro benzene ring substituents is 1. The summed E-state index contributed by atoms with van der Waals surface area (Å²) in [6, 6.07) is 21.6. The minimum Gasteiger partial charge on any atom is -0.506 e. The summed E-state index contributed by atoms with van der Waals surface area (Å²) in [7, 11) is 0. The Labute approximate surface area is 177 Å². The molecule has 0 atom stereocenters. The molecular formula is C23H17N3O5. The first kappa shape index (κ1) is 21.1. The Hall–Kier alpha value is -4.64. The molecule has 0 aliphatic carbocycles. The highest BCUT2D eigenvalue weighted by molar-refractivity contribution is 6.10. The zero-order valence-electron chi connectivity index (χ0n) is 16.2. The quantitative estimate of drug-likeness (QED) is 0.193. The molecule has 0 unspecified atom stereocenters. The topological polar surface area (TPSA) is 125 Å². The van der Waals surface area contributed by atoms with E-state index in [0.29, 0.717) is 17.9 Å². The summed E-state index contributed by atoms with van der Waals surface area (Å²) < 4.78 is 5.83. The van der Waals surface area contributed by atoms with Gasteiger partial charge in [0.1, 0.15) is 29.7 Å². The molecule has 3 aromatic carbocycles. The predicted octanol–water partition coefficient (Wildman–Crippen LogP) is 4.43. The molecule has 0 fully saturated rings. The van der Waals surface area contributed by atoms with Crippen LogP contribution in [0.2, 0.25) is 0 Å². The molecule has 154 valence electrons. The first-order valence-electron chi connectivity index (χ1n) is 9.14. The normalized spacial score (nSPS) is 10.7. The van der Waals surface area contributed by atoms with E-state index in [4.69, 9.17) is 4.74 Å². The highest BCUT2D eigenvalue weighted by Crippen LogP contribution is 2.28. The highest BCUT2D eigenvalue weighted by Gasteiger charge is 2.15. The van der Waals surface area contributed by atoms with Crippen LogP contribution >= 0.6 is 0 Å². The Bertz CT molecular complexity index is 1180. The fraction of sp³-hybridized carbons (Fsp3) is 0.0435. The van der Waals surface area contributed by atoms with E-state index in [9.17, 15) is 25.3 Å². The third-order valence-corrected chi connectivity index (χ3v) is 4.26. The summed E-state index contributed by atoms with van der Waals surface area (Å²) in [5, 5.41) is 32.5. The maximum atomic E-state index is 12.5. The van der Waals surface area contributed by atoms with E-state index in [1.165, 1.54) is 12.1 Å². The molecule has 0 heterocycles. The van der Waals surface area contributed by atoms with Crippen molar-refractivity contribution < 1.29 is 19.6 Å². The maximum Gasteiger partial charge on any atom is 0.273 e. The van der Waals surface area contributed by atoms with Crippen LogP contribution in [0.3, 0.4) is 0 Å². The molecular weight excluding hydrogens is 398 g/mol. The first-order valence-corrected chi connectivity index (χ1v) is 9.14. The largest absolute Gasteiger partial charge is 0.506 e. The Balaban J connectivity index is 1.79. The monoisotopic (exact) mass is 415 g/mol. The number of nitrogens with one attached hydrogen (secondary N) is 1. The number of phenolic OH excluding ortho intramolecular Hbond substituents is 1. The number of nitrogens with zero attached hydrogens (tertiary/aromatic N) is 2. The van der Waals surface area contributed by atoms with Crippen molar-refractivity contribution in [3.63, 3.8) is 0 Å². The molecule has 0 aliphatic heterocycles. The number of nitro benzene ring substituents is 1. The smallest absolute Gasteiger partial charge is 0.273 e. The predicted molar refractivity (Wildman–Crippen MR) is 114 cm³/mol. The molecule has 0 bridgehead atoms. The standard InChI is InChI=1S/C23H17N3O5/c24-14-18(23(28)25-20-11-10-19(26(29)30)13-21(20)27)12-17-8-4-5-9-22(17)31-15-16-6-2-1-3-7-16/h1-13,27H,15H2,(H,25,28). The van der Waals surface area contributed by atoms with Crippen molar-refractivity contribution in [3.8, 4) is 17.6 Å². The summed E-state index contributed by atoms with van der Waals surface area (Å²) in [5.41, 5.74) is 0.890. The molecule has 2 N–H and O–H groups in total. The zero-order chi connectivity index (χ0) is 22.2. The molecule has 3 rings (SSSR count). The Morgan fingerprint density at radius 2 is 1.84 bits per heavy atom. The van der Waals surface area contributed by atoms with Gasteiger partial charge in [-0.3, -0.25) is 14.9 Å². The van der Waals surface area contributed by atoms with E-state index in [1.807, 2.05) is 36.4 Å². The molecule has 0 aromatic heterocycles. The summed E-state index contributed by atoms with van der Waals surface area (Å²) in [4.78, 5) is 22.6. The van der Waals surface area contributed by atoms with Gasteiger partial charge >= 0.3 is 0 Å². The van der Waals surface area contributed by atoms with Gasteiger partial charge < -0.3 is 15.2 Å². The van der Waals surface area contributed by atoms with E-state index < -0.39 is 16.6 Å². The number of ether oxygens (including phenoxy) is 1. The molecule has 0 spiro atoms. The molecule has 0 aliphatic rings. The van der Waals surface area contributed by atoms with Gasteiger partial charge in [-0.05, 0) is 23.8 Å². The lowest BCUT2D eigenvalue weighted by Crippen LogP contribution is -2.13. The van der Waals surface area contributed by atoms with Crippen molar-refractivity contribution in [2.45, 2.75) is 6.61 Å². The number of phenols is 1. The van der Waals surface area contributed by atoms with Crippen molar-refractivity contribution in [2.75, 3.05) is 5.32 Å². The van der Waals surface area contributed by atoms with Crippen molar-refractivity contribution in [3.05, 3.63) is 99.6 Å². The highest BCUT2D eigenvalue weighted by atomic mass is 16.6. The van der Waals surface area contributed by atoms with Crippen molar-refractivity contribution in [1.29, 1.82) is 5.26 Å². The number of carbonyl (C=O) groups is 1. The molecule has 8 heteroatoms. The van der Waals surface area contributed by atoms with Gasteiger partial charge in [0.2, 0.25) is 0 Å². The number of benzene rings is 3. The van der Waals surface area contributed by atoms with E-state index in [-0.39, 0.29) is 16.9 Å². The summed E-state index contributed by atoms with van der Waals surface area (Å²) >= 11 is 0. The number of para-hydroxylation sites is 1. The Morgan fingerprint density at radius 1 is 1.13 bits per heavy atom. The van der Waals surface area contributed by atoms with Crippen LogP contribution in [0, 0.1) is 21.4 Å². The van der Waals surface area contributed by atoms with Gasteiger partial charge in [0.05, 0.1) is 16.7 Å². The Morgan fingerprint density at radius 3 is 2.52 bits per heavy atom. The lowest BCUT2D eigenvalue weighted by Gasteiger charge is -2.10. The molecule has 0 radical (unpaired) electrons. The fourth-order valence-electron chi connectivity index (χ4n) is 2.70. The lowest BCUT2D eigenvalue weighted by atomic mass is 10.1. The summed E-state index contributed by atoms with van der Waals surface area (Å²) in [6.07, 6.45) is 1.37. The fourth-order valence-corrected chi connectivity index (χ4v) is 2.70. The maximum absolute atomic E-state index is 12.5. The molecule has 0 saturated carbocycles. The second-order valence-corrected chi connectivity index (χ2v) is 6.39. The average Bonchev–Trinajstić information content (AvgIpc) is 2.78. The van der Waals surface area contributed by atoms with Crippen LogP contribution in [-0.4, -0.2) is 15.9 Å².